The minimum absolute atomic E-state index is 0.0686. The Kier molecular flexibility index (Phi) is 5.12. The molecule has 2 N–H and O–H groups in total. The van der Waals surface area contributed by atoms with Crippen LogP contribution in [0, 0.1) is 12.5 Å². The second-order valence-electron chi connectivity index (χ2n) is 6.82. The van der Waals surface area contributed by atoms with Gasteiger partial charge in [0.05, 0.1) is 11.4 Å². The maximum Gasteiger partial charge on any atom is 0.160 e. The summed E-state index contributed by atoms with van der Waals surface area (Å²) in [5.41, 5.74) is 12.8. The van der Waals surface area contributed by atoms with Gasteiger partial charge in [-0.1, -0.05) is 78.4 Å². The molecular formula is C24H20N4O. The zero-order chi connectivity index (χ0) is 20.2. The normalized spacial score (nSPS) is 11.8. The van der Waals surface area contributed by atoms with E-state index in [0.29, 0.717) is 11.4 Å². The van der Waals surface area contributed by atoms with Crippen molar-refractivity contribution in [3.05, 3.63) is 102 Å². The second kappa shape index (κ2) is 8.02. The van der Waals surface area contributed by atoms with Crippen LogP contribution in [-0.2, 0) is 0 Å². The summed E-state index contributed by atoms with van der Waals surface area (Å²) in [7, 11) is 0. The number of para-hydroxylation sites is 1. The molecule has 0 aliphatic heterocycles. The van der Waals surface area contributed by atoms with E-state index in [1.54, 1.807) is 24.3 Å². The van der Waals surface area contributed by atoms with Gasteiger partial charge in [0.15, 0.2) is 11.9 Å². The summed E-state index contributed by atoms with van der Waals surface area (Å²) in [6, 6.07) is 25.9. The Morgan fingerprint density at radius 1 is 0.793 bits per heavy atom. The van der Waals surface area contributed by atoms with Crippen LogP contribution in [0.5, 0.6) is 5.75 Å². The Labute approximate surface area is 169 Å². The maximum absolute atomic E-state index is 10.3. The molecule has 1 aromatic heterocycles. The van der Waals surface area contributed by atoms with Crippen LogP contribution in [0.1, 0.15) is 23.0 Å². The summed E-state index contributed by atoms with van der Waals surface area (Å²) in [6.07, 6.45) is 0. The number of rotatable bonds is 5. The van der Waals surface area contributed by atoms with E-state index in [2.05, 4.69) is 5.11 Å². The number of aromatic hydroxyl groups is 1. The summed E-state index contributed by atoms with van der Waals surface area (Å²) in [4.78, 5) is 9.41. The average molecular weight is 380 g/mol. The van der Waals surface area contributed by atoms with Gasteiger partial charge in [-0.3, -0.25) is 0 Å². The predicted octanol–water partition coefficient (Wildman–Crippen LogP) is 5.94. The third kappa shape index (κ3) is 3.89. The molecule has 0 aliphatic rings. The van der Waals surface area contributed by atoms with Crippen molar-refractivity contribution in [1.29, 1.82) is 5.53 Å². The van der Waals surface area contributed by atoms with Crippen LogP contribution in [0.15, 0.2) is 90.0 Å². The van der Waals surface area contributed by atoms with Crippen LogP contribution < -0.4 is 0 Å². The summed E-state index contributed by atoms with van der Waals surface area (Å²) in [5, 5.41) is 14.0. The van der Waals surface area contributed by atoms with Crippen molar-refractivity contribution in [2.45, 2.75) is 13.0 Å². The van der Waals surface area contributed by atoms with Gasteiger partial charge in [-0.15, -0.1) is 0 Å². The molecule has 0 saturated carbocycles. The van der Waals surface area contributed by atoms with Gasteiger partial charge < -0.3 is 5.11 Å². The van der Waals surface area contributed by atoms with Gasteiger partial charge in [-0.2, -0.15) is 5.11 Å². The number of aromatic nitrogens is 2. The Balaban J connectivity index is 1.91. The summed E-state index contributed by atoms with van der Waals surface area (Å²) < 4.78 is 0. The van der Waals surface area contributed by atoms with E-state index in [-0.39, 0.29) is 5.75 Å². The fourth-order valence-corrected chi connectivity index (χ4v) is 3.20. The Morgan fingerprint density at radius 2 is 1.38 bits per heavy atom. The molecule has 1 atom stereocenters. The van der Waals surface area contributed by atoms with Crippen molar-refractivity contribution in [3.63, 3.8) is 0 Å². The molecule has 0 aliphatic carbocycles. The minimum Gasteiger partial charge on any atom is -0.508 e. The number of hydrogen-bond acceptors (Lipinski definition) is 5. The van der Waals surface area contributed by atoms with Gasteiger partial charge in [0.1, 0.15) is 5.75 Å². The summed E-state index contributed by atoms with van der Waals surface area (Å²) in [5.74, 6) is 0.442. The van der Waals surface area contributed by atoms with Crippen LogP contribution in [0.4, 0.5) is 0 Å². The molecule has 0 fully saturated rings. The number of nitrogens with one attached hydrogen (secondary N) is 1. The molecule has 3 aromatic carbocycles. The number of phenolic OH excluding ortho intramolecular Hbond substituents is 1. The van der Waals surface area contributed by atoms with Gasteiger partial charge in [-0.25, -0.2) is 15.5 Å². The first-order valence-electron chi connectivity index (χ1n) is 9.31. The number of aryl methyl sites for hydroxylation is 1. The highest BCUT2D eigenvalue weighted by atomic mass is 16.3. The van der Waals surface area contributed by atoms with Crippen LogP contribution in [-0.4, -0.2) is 15.1 Å². The molecule has 0 radical (unpaired) electrons. The van der Waals surface area contributed by atoms with Crippen LogP contribution in [0.25, 0.3) is 22.5 Å². The summed E-state index contributed by atoms with van der Waals surface area (Å²) >= 11 is 0. The van der Waals surface area contributed by atoms with Crippen LogP contribution in [0.3, 0.4) is 0 Å². The molecule has 4 rings (SSSR count). The standard InChI is InChI=1S/C24H20N4O/c1-16-11-13-18(14-12-16)21-15-20(17-7-3-2-4-8-17)26-24(27-21)23(28-25)19-9-5-6-10-22(19)29/h2-15,23,25,29H,1H3. The smallest absolute Gasteiger partial charge is 0.160 e. The fourth-order valence-electron chi connectivity index (χ4n) is 3.20. The third-order valence-corrected chi connectivity index (χ3v) is 4.77. The van der Waals surface area contributed by atoms with Crippen molar-refractivity contribution in [2.75, 3.05) is 0 Å². The lowest BCUT2D eigenvalue weighted by atomic mass is 10.0. The fraction of sp³-hybridized carbons (Fsp3) is 0.0833. The number of benzene rings is 3. The molecule has 1 unspecified atom stereocenters. The average Bonchev–Trinajstić information content (AvgIpc) is 2.76. The largest absolute Gasteiger partial charge is 0.508 e. The molecule has 0 spiro atoms. The van der Waals surface area contributed by atoms with E-state index in [1.165, 1.54) is 5.56 Å². The number of hydrogen-bond donors (Lipinski definition) is 2. The highest BCUT2D eigenvalue weighted by Crippen LogP contribution is 2.33. The Morgan fingerprint density at radius 3 is 2.00 bits per heavy atom. The SMILES string of the molecule is Cc1ccc(-c2cc(-c3ccccc3)nc(C(N=N)c3ccccc3O)n2)cc1. The quantitative estimate of drug-likeness (QED) is 0.420. The van der Waals surface area contributed by atoms with Crippen LogP contribution >= 0.6 is 0 Å². The van der Waals surface area contributed by atoms with Gasteiger partial charge in [0.2, 0.25) is 0 Å². The first kappa shape index (κ1) is 18.5. The molecule has 0 bridgehead atoms. The van der Waals surface area contributed by atoms with Crippen molar-refractivity contribution in [2.24, 2.45) is 5.11 Å². The zero-order valence-electron chi connectivity index (χ0n) is 15.9. The Hall–Kier alpha value is -3.86. The highest BCUT2D eigenvalue weighted by molar-refractivity contribution is 5.68. The van der Waals surface area contributed by atoms with E-state index in [0.717, 1.165) is 22.5 Å². The van der Waals surface area contributed by atoms with Gasteiger partial charge >= 0.3 is 0 Å². The molecule has 142 valence electrons. The molecular weight excluding hydrogens is 360 g/mol. The molecule has 5 nitrogen and oxygen atoms in total. The van der Waals surface area contributed by atoms with Crippen molar-refractivity contribution in [3.8, 4) is 28.3 Å². The molecule has 0 saturated heterocycles. The predicted molar refractivity (Wildman–Crippen MR) is 113 cm³/mol. The van der Waals surface area contributed by atoms with Crippen molar-refractivity contribution < 1.29 is 5.11 Å². The van der Waals surface area contributed by atoms with Gasteiger partial charge in [-0.05, 0) is 19.1 Å². The molecule has 0 amide bonds. The lowest BCUT2D eigenvalue weighted by molar-refractivity contribution is 0.462. The van der Waals surface area contributed by atoms with E-state index >= 15 is 0 Å². The molecule has 5 heteroatoms. The van der Waals surface area contributed by atoms with E-state index in [9.17, 15) is 5.11 Å². The monoisotopic (exact) mass is 380 g/mol. The van der Waals surface area contributed by atoms with Crippen molar-refractivity contribution in [1.82, 2.24) is 9.97 Å². The maximum atomic E-state index is 10.3. The lowest BCUT2D eigenvalue weighted by Gasteiger charge is -2.15. The van der Waals surface area contributed by atoms with Gasteiger partial charge in [0, 0.05) is 16.7 Å². The molecule has 29 heavy (non-hydrogen) atoms. The second-order valence-corrected chi connectivity index (χ2v) is 6.82. The van der Waals surface area contributed by atoms with Crippen molar-refractivity contribution >= 4 is 0 Å². The van der Waals surface area contributed by atoms with E-state index in [4.69, 9.17) is 15.5 Å². The topological polar surface area (TPSA) is 82.2 Å². The Bertz CT molecular complexity index is 1140. The molecule has 1 heterocycles. The summed E-state index contributed by atoms with van der Waals surface area (Å²) in [6.45, 7) is 2.04. The third-order valence-electron chi connectivity index (χ3n) is 4.77. The first-order valence-corrected chi connectivity index (χ1v) is 9.31. The minimum atomic E-state index is -0.788. The number of nitrogens with zero attached hydrogens (tertiary/aromatic N) is 3. The zero-order valence-corrected chi connectivity index (χ0v) is 15.9. The molecule has 4 aromatic rings. The number of phenols is 1. The van der Waals surface area contributed by atoms with E-state index < -0.39 is 6.04 Å². The first-order chi connectivity index (χ1) is 14.2. The van der Waals surface area contributed by atoms with E-state index in [1.807, 2.05) is 67.6 Å². The highest BCUT2D eigenvalue weighted by Gasteiger charge is 2.21. The van der Waals surface area contributed by atoms with Crippen LogP contribution in [0.2, 0.25) is 0 Å². The lowest BCUT2D eigenvalue weighted by Crippen LogP contribution is -2.06. The van der Waals surface area contributed by atoms with Gasteiger partial charge in [0.25, 0.3) is 0 Å².